The van der Waals surface area contributed by atoms with Crippen molar-refractivity contribution in [1.29, 1.82) is 0 Å². The van der Waals surface area contributed by atoms with Crippen LogP contribution in [0.4, 0.5) is 0 Å². The molecular formula is C18H23ClN4OS. The lowest BCUT2D eigenvalue weighted by Crippen LogP contribution is -2.39. The zero-order valence-corrected chi connectivity index (χ0v) is 16.2. The molecule has 0 aliphatic heterocycles. The van der Waals surface area contributed by atoms with Crippen LogP contribution in [0.15, 0.2) is 41.4 Å². The van der Waals surface area contributed by atoms with Gasteiger partial charge in [0.2, 0.25) is 0 Å². The number of aliphatic imine (C=N–C) groups is 1. The number of hydrogen-bond donors (Lipinski definition) is 2. The van der Waals surface area contributed by atoms with E-state index >= 15 is 0 Å². The minimum atomic E-state index is -0.0695. The molecule has 0 unspecified atom stereocenters. The predicted molar refractivity (Wildman–Crippen MR) is 106 cm³/mol. The van der Waals surface area contributed by atoms with E-state index in [2.05, 4.69) is 20.5 Å². The van der Waals surface area contributed by atoms with Gasteiger partial charge in [0.15, 0.2) is 5.96 Å². The monoisotopic (exact) mass is 378 g/mol. The lowest BCUT2D eigenvalue weighted by Gasteiger charge is -2.21. The number of carbonyl (C=O) groups is 1. The molecule has 1 aromatic carbocycles. The Balaban J connectivity index is 1.87. The third-order valence-electron chi connectivity index (χ3n) is 3.71. The van der Waals surface area contributed by atoms with Gasteiger partial charge in [-0.2, -0.15) is 0 Å². The molecule has 1 amide bonds. The van der Waals surface area contributed by atoms with E-state index < -0.39 is 0 Å². The van der Waals surface area contributed by atoms with Gasteiger partial charge in [-0.1, -0.05) is 23.7 Å². The van der Waals surface area contributed by atoms with Crippen molar-refractivity contribution in [2.24, 2.45) is 4.99 Å². The number of halogens is 1. The highest BCUT2D eigenvalue weighted by Crippen LogP contribution is 2.22. The van der Waals surface area contributed by atoms with E-state index in [9.17, 15) is 4.79 Å². The molecular weight excluding hydrogens is 356 g/mol. The third kappa shape index (κ3) is 5.76. The minimum absolute atomic E-state index is 0.0695. The molecule has 134 valence electrons. The maximum atomic E-state index is 11.7. The Morgan fingerprint density at radius 1 is 1.32 bits per heavy atom. The average molecular weight is 379 g/mol. The second-order valence-corrected chi connectivity index (χ2v) is 7.37. The van der Waals surface area contributed by atoms with Gasteiger partial charge >= 0.3 is 0 Å². The maximum Gasteiger partial charge on any atom is 0.251 e. The van der Waals surface area contributed by atoms with E-state index in [1.807, 2.05) is 43.4 Å². The fourth-order valence-corrected chi connectivity index (χ4v) is 3.60. The molecule has 7 heteroatoms. The zero-order valence-electron chi connectivity index (χ0n) is 14.7. The highest BCUT2D eigenvalue weighted by Gasteiger charge is 2.08. The zero-order chi connectivity index (χ0) is 18.2. The molecule has 1 aromatic heterocycles. The van der Waals surface area contributed by atoms with Crippen LogP contribution >= 0.6 is 22.9 Å². The SMILES string of the molecule is CN=C(NCCc1cccc(C(=O)NC)c1)N(C)Cc1ccc(Cl)s1. The molecule has 0 fully saturated rings. The summed E-state index contributed by atoms with van der Waals surface area (Å²) >= 11 is 7.55. The van der Waals surface area contributed by atoms with E-state index in [-0.39, 0.29) is 5.91 Å². The van der Waals surface area contributed by atoms with Crippen molar-refractivity contribution >= 4 is 34.8 Å². The van der Waals surface area contributed by atoms with E-state index in [1.165, 1.54) is 4.88 Å². The lowest BCUT2D eigenvalue weighted by molar-refractivity contribution is 0.0963. The van der Waals surface area contributed by atoms with Gasteiger partial charge in [-0.3, -0.25) is 9.79 Å². The van der Waals surface area contributed by atoms with E-state index in [4.69, 9.17) is 11.6 Å². The van der Waals surface area contributed by atoms with E-state index in [0.29, 0.717) is 5.56 Å². The van der Waals surface area contributed by atoms with Gasteiger partial charge in [0.1, 0.15) is 0 Å². The Morgan fingerprint density at radius 3 is 2.76 bits per heavy atom. The Morgan fingerprint density at radius 2 is 2.12 bits per heavy atom. The summed E-state index contributed by atoms with van der Waals surface area (Å²) in [7, 11) is 5.40. The first-order valence-corrected chi connectivity index (χ1v) is 9.20. The molecule has 0 aliphatic rings. The van der Waals surface area contributed by atoms with Crippen molar-refractivity contribution < 1.29 is 4.79 Å². The summed E-state index contributed by atoms with van der Waals surface area (Å²) in [5.41, 5.74) is 1.79. The van der Waals surface area contributed by atoms with Gasteiger partial charge in [0.05, 0.1) is 10.9 Å². The van der Waals surface area contributed by atoms with Crippen LogP contribution in [-0.2, 0) is 13.0 Å². The Bertz CT molecular complexity index is 744. The summed E-state index contributed by atoms with van der Waals surface area (Å²) in [5, 5.41) is 6.00. The van der Waals surface area contributed by atoms with Gasteiger partial charge in [-0.25, -0.2) is 0 Å². The van der Waals surface area contributed by atoms with Crippen molar-refractivity contribution in [2.45, 2.75) is 13.0 Å². The predicted octanol–water partition coefficient (Wildman–Crippen LogP) is 3.01. The first-order valence-electron chi connectivity index (χ1n) is 8.00. The number of hydrogen-bond acceptors (Lipinski definition) is 3. The van der Waals surface area contributed by atoms with Gasteiger partial charge in [-0.05, 0) is 36.2 Å². The minimum Gasteiger partial charge on any atom is -0.356 e. The molecule has 2 rings (SSSR count). The third-order valence-corrected chi connectivity index (χ3v) is 4.92. The molecule has 0 radical (unpaired) electrons. The fraction of sp³-hybridized carbons (Fsp3) is 0.333. The number of carbonyl (C=O) groups excluding carboxylic acids is 1. The molecule has 0 bridgehead atoms. The Labute approximate surface area is 157 Å². The molecule has 0 spiro atoms. The lowest BCUT2D eigenvalue weighted by atomic mass is 10.1. The molecule has 0 aliphatic carbocycles. The molecule has 0 atom stereocenters. The summed E-state index contributed by atoms with van der Waals surface area (Å²) in [6.45, 7) is 1.49. The topological polar surface area (TPSA) is 56.7 Å². The number of nitrogens with one attached hydrogen (secondary N) is 2. The smallest absolute Gasteiger partial charge is 0.251 e. The van der Waals surface area contributed by atoms with E-state index in [1.54, 1.807) is 25.4 Å². The van der Waals surface area contributed by atoms with Crippen molar-refractivity contribution in [1.82, 2.24) is 15.5 Å². The van der Waals surface area contributed by atoms with Crippen molar-refractivity contribution in [3.63, 3.8) is 0 Å². The second kappa shape index (κ2) is 9.44. The summed E-state index contributed by atoms with van der Waals surface area (Å²) in [4.78, 5) is 19.3. The quantitative estimate of drug-likeness (QED) is 0.600. The highest BCUT2D eigenvalue weighted by molar-refractivity contribution is 7.16. The molecule has 0 saturated carbocycles. The number of amides is 1. The summed E-state index contributed by atoms with van der Waals surface area (Å²) in [5.74, 6) is 0.756. The average Bonchev–Trinajstić information content (AvgIpc) is 3.02. The molecule has 0 saturated heterocycles. The van der Waals surface area contributed by atoms with Crippen LogP contribution < -0.4 is 10.6 Å². The van der Waals surface area contributed by atoms with Crippen LogP contribution in [0.25, 0.3) is 0 Å². The molecule has 5 nitrogen and oxygen atoms in total. The van der Waals surface area contributed by atoms with Crippen LogP contribution in [-0.4, -0.2) is 44.5 Å². The van der Waals surface area contributed by atoms with Crippen LogP contribution in [0.5, 0.6) is 0 Å². The highest BCUT2D eigenvalue weighted by atomic mass is 35.5. The second-order valence-electron chi connectivity index (χ2n) is 5.57. The number of thiophene rings is 1. The fourth-order valence-electron chi connectivity index (χ4n) is 2.46. The number of nitrogens with zero attached hydrogens (tertiary/aromatic N) is 2. The molecule has 1 heterocycles. The van der Waals surface area contributed by atoms with Gasteiger partial charge in [0.25, 0.3) is 5.91 Å². The maximum absolute atomic E-state index is 11.7. The van der Waals surface area contributed by atoms with Gasteiger partial charge in [-0.15, -0.1) is 11.3 Å². The van der Waals surface area contributed by atoms with Gasteiger partial charge in [0, 0.05) is 38.1 Å². The van der Waals surface area contributed by atoms with E-state index in [0.717, 1.165) is 35.4 Å². The normalized spacial score (nSPS) is 11.3. The summed E-state index contributed by atoms with van der Waals surface area (Å²) in [6.07, 6.45) is 0.808. The van der Waals surface area contributed by atoms with Crippen molar-refractivity contribution in [3.8, 4) is 0 Å². The van der Waals surface area contributed by atoms with Crippen LogP contribution in [0, 0.1) is 0 Å². The summed E-state index contributed by atoms with van der Waals surface area (Å²) in [6, 6.07) is 11.6. The first kappa shape index (κ1) is 19.3. The summed E-state index contributed by atoms with van der Waals surface area (Å²) < 4.78 is 0.794. The number of rotatable bonds is 6. The Kier molecular flexibility index (Phi) is 7.28. The number of benzene rings is 1. The largest absolute Gasteiger partial charge is 0.356 e. The van der Waals surface area contributed by atoms with Crippen LogP contribution in [0.2, 0.25) is 4.34 Å². The standard InChI is InChI=1S/C18H23ClN4OS/c1-20-17(24)14-6-4-5-13(11-14)9-10-22-18(21-2)23(3)12-15-7-8-16(19)25-15/h4-8,11H,9-10,12H2,1-3H3,(H,20,24)(H,21,22). The van der Waals surface area contributed by atoms with Crippen LogP contribution in [0.1, 0.15) is 20.8 Å². The first-order chi connectivity index (χ1) is 12.0. The number of guanidine groups is 1. The Hall–Kier alpha value is -2.05. The molecule has 25 heavy (non-hydrogen) atoms. The van der Waals surface area contributed by atoms with Gasteiger partial charge < -0.3 is 15.5 Å². The molecule has 2 aromatic rings. The molecule has 2 N–H and O–H groups in total. The van der Waals surface area contributed by atoms with Crippen molar-refractivity contribution in [2.75, 3.05) is 27.7 Å². The van der Waals surface area contributed by atoms with Crippen molar-refractivity contribution in [3.05, 3.63) is 56.7 Å². The van der Waals surface area contributed by atoms with Crippen LogP contribution in [0.3, 0.4) is 0 Å².